The van der Waals surface area contributed by atoms with Gasteiger partial charge in [0.1, 0.15) is 0 Å². The average Bonchev–Trinajstić information content (AvgIpc) is 3.00. The molecule has 0 unspecified atom stereocenters. The fourth-order valence-electron chi connectivity index (χ4n) is 6.12. The lowest BCUT2D eigenvalue weighted by Crippen LogP contribution is -1.89. The van der Waals surface area contributed by atoms with E-state index in [2.05, 4.69) is 37.4 Å². The van der Waals surface area contributed by atoms with Gasteiger partial charge >= 0.3 is 0 Å². The largest absolute Gasteiger partial charge is 0.162 e. The average molecular weight is 627 g/mol. The van der Waals surface area contributed by atoms with Crippen molar-refractivity contribution >= 4 is 23.5 Å². The van der Waals surface area contributed by atoms with Crippen LogP contribution in [0.15, 0.2) is 0 Å². The summed E-state index contributed by atoms with van der Waals surface area (Å²) in [6.07, 6.45) is 50.0. The van der Waals surface area contributed by atoms with Crippen LogP contribution in [0.1, 0.15) is 232 Å². The molecule has 0 nitrogen and oxygen atoms in total. The number of thioether (sulfide) groups is 2. The van der Waals surface area contributed by atoms with E-state index < -0.39 is 0 Å². The quantitative estimate of drug-likeness (QED) is 0.0622. The summed E-state index contributed by atoms with van der Waals surface area (Å²) >= 11 is 4.44. The number of hydrogen-bond donors (Lipinski definition) is 0. The van der Waals surface area contributed by atoms with E-state index in [9.17, 15) is 0 Å². The topological polar surface area (TPSA) is 0 Å². The molecule has 2 heteroatoms. The number of rotatable bonds is 39. The molecule has 0 amide bonds. The minimum absolute atomic E-state index is 1.37. The van der Waals surface area contributed by atoms with Crippen molar-refractivity contribution < 1.29 is 0 Å². The van der Waals surface area contributed by atoms with E-state index in [1.54, 1.807) is 0 Å². The zero-order chi connectivity index (χ0) is 30.3. The predicted octanol–water partition coefficient (Wildman–Crippen LogP) is 15.8. The second-order valence-electron chi connectivity index (χ2n) is 13.5. The summed E-state index contributed by atoms with van der Waals surface area (Å²) in [5.74, 6) is 5.62. The summed E-state index contributed by atoms with van der Waals surface area (Å²) < 4.78 is 0. The highest BCUT2D eigenvalue weighted by atomic mass is 32.2. The molecule has 0 saturated heterocycles. The monoisotopic (exact) mass is 627 g/mol. The van der Waals surface area contributed by atoms with Gasteiger partial charge in [0, 0.05) is 0 Å². The Labute approximate surface area is 277 Å². The predicted molar refractivity (Wildman–Crippen MR) is 203 cm³/mol. The van der Waals surface area contributed by atoms with Gasteiger partial charge in [0.15, 0.2) is 0 Å². The Morgan fingerprint density at radius 3 is 0.524 bits per heavy atom. The second-order valence-corrected chi connectivity index (χ2v) is 16.0. The van der Waals surface area contributed by atoms with Crippen molar-refractivity contribution in [1.82, 2.24) is 0 Å². The van der Waals surface area contributed by atoms with Gasteiger partial charge in [-0.05, 0) is 48.7 Å². The molecule has 0 atom stereocenters. The lowest BCUT2D eigenvalue weighted by atomic mass is 10.0. The molecule has 0 radical (unpaired) electrons. The standard InChI is InChI=1S/C40H82S2/c1-3-5-7-9-11-13-15-17-19-21-23-25-27-29-31-33-37-41-39-35-36-40-42-38-34-32-30-28-26-24-22-20-18-16-14-12-10-8-6-4-2/h3-40H2,1-2H3. The van der Waals surface area contributed by atoms with Crippen LogP contribution < -0.4 is 0 Å². The highest BCUT2D eigenvalue weighted by Crippen LogP contribution is 2.17. The van der Waals surface area contributed by atoms with Gasteiger partial charge in [0.05, 0.1) is 0 Å². The molecule has 0 spiro atoms. The fraction of sp³-hybridized carbons (Fsp3) is 1.00. The van der Waals surface area contributed by atoms with E-state index >= 15 is 0 Å². The SMILES string of the molecule is CCCCCCCCCCCCCCCCCCSCCCCSCCCCCCCCCCCCCCCCCC. The highest BCUT2D eigenvalue weighted by Gasteiger charge is 1.98. The van der Waals surface area contributed by atoms with E-state index in [-0.39, 0.29) is 0 Å². The van der Waals surface area contributed by atoms with Crippen LogP contribution >= 0.6 is 23.5 Å². The summed E-state index contributed by atoms with van der Waals surface area (Å²) in [5.41, 5.74) is 0. The number of unbranched alkanes of at least 4 members (excludes halogenated alkanes) is 31. The third-order valence-corrected chi connectivity index (χ3v) is 11.4. The summed E-state index contributed by atoms with van der Waals surface area (Å²) in [7, 11) is 0. The summed E-state index contributed by atoms with van der Waals surface area (Å²) in [6, 6.07) is 0. The van der Waals surface area contributed by atoms with Crippen molar-refractivity contribution in [2.45, 2.75) is 232 Å². The van der Waals surface area contributed by atoms with Crippen molar-refractivity contribution in [2.75, 3.05) is 23.0 Å². The third kappa shape index (κ3) is 40.7. The van der Waals surface area contributed by atoms with Crippen LogP contribution in [0.3, 0.4) is 0 Å². The molecule has 0 bridgehead atoms. The normalized spacial score (nSPS) is 11.6. The van der Waals surface area contributed by atoms with Gasteiger partial charge in [-0.25, -0.2) is 0 Å². The van der Waals surface area contributed by atoms with Crippen LogP contribution in [-0.4, -0.2) is 23.0 Å². The highest BCUT2D eigenvalue weighted by molar-refractivity contribution is 7.99. The smallest absolute Gasteiger partial charge is 0.00672 e. The third-order valence-electron chi connectivity index (χ3n) is 9.11. The van der Waals surface area contributed by atoms with Gasteiger partial charge < -0.3 is 0 Å². The van der Waals surface area contributed by atoms with Crippen LogP contribution in [-0.2, 0) is 0 Å². The molecule has 0 aliphatic carbocycles. The van der Waals surface area contributed by atoms with Gasteiger partial charge in [0.25, 0.3) is 0 Å². The molecule has 0 saturated carbocycles. The molecule has 0 aromatic rings. The molecule has 0 aromatic heterocycles. The molecular weight excluding hydrogens is 545 g/mol. The summed E-state index contributed by atoms with van der Waals surface area (Å²) in [4.78, 5) is 0. The molecule has 0 rings (SSSR count). The van der Waals surface area contributed by atoms with E-state index in [0.29, 0.717) is 0 Å². The zero-order valence-corrected chi connectivity index (χ0v) is 31.3. The zero-order valence-electron chi connectivity index (χ0n) is 29.7. The first-order valence-corrected chi connectivity index (χ1v) is 22.4. The minimum Gasteiger partial charge on any atom is -0.162 e. The molecule has 254 valence electrons. The maximum absolute atomic E-state index is 2.31. The molecule has 0 heterocycles. The Bertz CT molecular complexity index is 397. The van der Waals surface area contributed by atoms with E-state index in [0.717, 1.165) is 0 Å². The molecule has 0 fully saturated rings. The van der Waals surface area contributed by atoms with E-state index in [4.69, 9.17) is 0 Å². The molecule has 0 aliphatic rings. The Morgan fingerprint density at radius 1 is 0.190 bits per heavy atom. The molecule has 0 aromatic carbocycles. The van der Waals surface area contributed by atoms with Crippen LogP contribution in [0.25, 0.3) is 0 Å². The maximum atomic E-state index is 2.31. The van der Waals surface area contributed by atoms with Gasteiger partial charge in [-0.1, -0.05) is 206 Å². The van der Waals surface area contributed by atoms with E-state index in [1.165, 1.54) is 241 Å². The van der Waals surface area contributed by atoms with Gasteiger partial charge in [-0.3, -0.25) is 0 Å². The van der Waals surface area contributed by atoms with Crippen LogP contribution in [0, 0.1) is 0 Å². The summed E-state index contributed by atoms with van der Waals surface area (Å²) in [5, 5.41) is 0. The lowest BCUT2D eigenvalue weighted by Gasteiger charge is -2.05. The molecule has 0 N–H and O–H groups in total. The number of hydrogen-bond acceptors (Lipinski definition) is 2. The Balaban J connectivity index is 3.02. The van der Waals surface area contributed by atoms with Crippen molar-refractivity contribution in [3.05, 3.63) is 0 Å². The van der Waals surface area contributed by atoms with Crippen LogP contribution in [0.4, 0.5) is 0 Å². The Hall–Kier alpha value is 0.700. The Kier molecular flexibility index (Phi) is 42.4. The van der Waals surface area contributed by atoms with Gasteiger partial charge in [-0.15, -0.1) is 0 Å². The first-order chi connectivity index (χ1) is 20.9. The first kappa shape index (κ1) is 42.7. The summed E-state index contributed by atoms with van der Waals surface area (Å²) in [6.45, 7) is 4.62. The Morgan fingerprint density at radius 2 is 0.333 bits per heavy atom. The maximum Gasteiger partial charge on any atom is -0.00672 e. The van der Waals surface area contributed by atoms with Crippen molar-refractivity contribution in [2.24, 2.45) is 0 Å². The van der Waals surface area contributed by atoms with Crippen LogP contribution in [0.5, 0.6) is 0 Å². The molecular formula is C40H82S2. The lowest BCUT2D eigenvalue weighted by molar-refractivity contribution is 0.531. The van der Waals surface area contributed by atoms with Gasteiger partial charge in [-0.2, -0.15) is 23.5 Å². The van der Waals surface area contributed by atoms with Crippen molar-refractivity contribution in [3.8, 4) is 0 Å². The van der Waals surface area contributed by atoms with Crippen LogP contribution in [0.2, 0.25) is 0 Å². The van der Waals surface area contributed by atoms with E-state index in [1.807, 2.05) is 0 Å². The molecule has 0 aliphatic heterocycles. The molecule has 42 heavy (non-hydrogen) atoms. The fourth-order valence-corrected chi connectivity index (χ4v) is 8.16. The van der Waals surface area contributed by atoms with Crippen molar-refractivity contribution in [3.63, 3.8) is 0 Å². The van der Waals surface area contributed by atoms with Crippen molar-refractivity contribution in [1.29, 1.82) is 0 Å². The minimum atomic E-state index is 1.37. The first-order valence-electron chi connectivity index (χ1n) is 20.1. The van der Waals surface area contributed by atoms with Gasteiger partial charge in [0.2, 0.25) is 0 Å². The second kappa shape index (κ2) is 41.7.